The van der Waals surface area contributed by atoms with Crippen molar-refractivity contribution in [2.75, 3.05) is 0 Å². The number of hydrogen-bond donors (Lipinski definition) is 1. The first-order valence-electron chi connectivity index (χ1n) is 5.09. The van der Waals surface area contributed by atoms with Crippen molar-refractivity contribution >= 4 is 26.9 Å². The molecule has 0 saturated carbocycles. The van der Waals surface area contributed by atoms with Crippen LogP contribution in [0.2, 0.25) is 0 Å². The molecule has 2 rings (SSSR count). The summed E-state index contributed by atoms with van der Waals surface area (Å²) < 4.78 is 11.9. The summed E-state index contributed by atoms with van der Waals surface area (Å²) in [5, 5.41) is 10.2. The summed E-state index contributed by atoms with van der Waals surface area (Å²) in [6.07, 6.45) is 1.67. The van der Waals surface area contributed by atoms with E-state index in [1.165, 1.54) is 0 Å². The molecule has 0 aliphatic rings. The molecule has 0 amide bonds. The van der Waals surface area contributed by atoms with E-state index in [2.05, 4.69) is 15.9 Å². The summed E-state index contributed by atoms with van der Waals surface area (Å²) in [4.78, 5) is 0. The van der Waals surface area contributed by atoms with Crippen LogP contribution in [0.1, 0.15) is 19.4 Å². The van der Waals surface area contributed by atoms with Gasteiger partial charge in [-0.1, -0.05) is 0 Å². The lowest BCUT2D eigenvalue weighted by atomic mass is 10.1. The Morgan fingerprint density at radius 2 is 2.25 bits per heavy atom. The monoisotopic (exact) mass is 284 g/mol. The van der Waals surface area contributed by atoms with Crippen LogP contribution >= 0.6 is 15.9 Å². The van der Waals surface area contributed by atoms with E-state index in [-0.39, 0.29) is 12.7 Å². The molecule has 0 bridgehead atoms. The molecule has 86 valence electrons. The fourth-order valence-corrected chi connectivity index (χ4v) is 2.21. The molecule has 0 fully saturated rings. The van der Waals surface area contributed by atoms with E-state index >= 15 is 0 Å². The third kappa shape index (κ3) is 1.95. The molecule has 4 heteroatoms. The van der Waals surface area contributed by atoms with Gasteiger partial charge >= 0.3 is 0 Å². The van der Waals surface area contributed by atoms with E-state index in [1.807, 2.05) is 26.0 Å². The van der Waals surface area contributed by atoms with Crippen molar-refractivity contribution in [3.63, 3.8) is 0 Å². The average molecular weight is 285 g/mol. The number of aliphatic hydroxyl groups is 1. The Bertz CT molecular complexity index is 502. The van der Waals surface area contributed by atoms with Crippen molar-refractivity contribution in [2.45, 2.75) is 26.6 Å². The van der Waals surface area contributed by atoms with Crippen LogP contribution in [0.25, 0.3) is 11.0 Å². The third-order valence-electron chi connectivity index (χ3n) is 2.24. The fourth-order valence-electron chi connectivity index (χ4n) is 1.62. The van der Waals surface area contributed by atoms with Crippen LogP contribution in [0.5, 0.6) is 5.75 Å². The van der Waals surface area contributed by atoms with Gasteiger partial charge in [0.2, 0.25) is 0 Å². The number of halogens is 1. The minimum Gasteiger partial charge on any atom is -0.490 e. The van der Waals surface area contributed by atoms with E-state index in [0.29, 0.717) is 5.75 Å². The van der Waals surface area contributed by atoms with Crippen LogP contribution in [-0.4, -0.2) is 11.2 Å². The Balaban J connectivity index is 2.66. The molecule has 0 radical (unpaired) electrons. The van der Waals surface area contributed by atoms with Gasteiger partial charge in [-0.2, -0.15) is 0 Å². The average Bonchev–Trinajstić information content (AvgIpc) is 2.70. The molecule has 0 atom stereocenters. The Hall–Kier alpha value is -1.00. The summed E-state index contributed by atoms with van der Waals surface area (Å²) >= 11 is 3.41. The van der Waals surface area contributed by atoms with Crippen LogP contribution in [0.3, 0.4) is 0 Å². The maximum atomic E-state index is 9.32. The smallest absolute Gasteiger partial charge is 0.151 e. The van der Waals surface area contributed by atoms with Gasteiger partial charge in [-0.3, -0.25) is 0 Å². The quantitative estimate of drug-likeness (QED) is 0.938. The molecule has 0 spiro atoms. The van der Waals surface area contributed by atoms with Crippen LogP contribution in [0, 0.1) is 0 Å². The van der Waals surface area contributed by atoms with Gasteiger partial charge in [-0.05, 0) is 41.9 Å². The molecule has 1 N–H and O–H groups in total. The predicted octanol–water partition coefficient (Wildman–Crippen LogP) is 3.47. The lowest BCUT2D eigenvalue weighted by molar-refractivity contribution is 0.228. The largest absolute Gasteiger partial charge is 0.490 e. The maximum absolute atomic E-state index is 9.32. The van der Waals surface area contributed by atoms with Crippen molar-refractivity contribution in [3.05, 3.63) is 28.4 Å². The highest BCUT2D eigenvalue weighted by Gasteiger charge is 2.15. The first-order valence-corrected chi connectivity index (χ1v) is 5.89. The van der Waals surface area contributed by atoms with Gasteiger partial charge in [0.15, 0.2) is 5.58 Å². The van der Waals surface area contributed by atoms with Crippen LogP contribution < -0.4 is 4.74 Å². The molecule has 1 heterocycles. The summed E-state index contributed by atoms with van der Waals surface area (Å²) in [6.45, 7) is 3.85. The zero-order valence-electron chi connectivity index (χ0n) is 9.16. The van der Waals surface area contributed by atoms with Gasteiger partial charge in [0.05, 0.1) is 28.8 Å². The zero-order chi connectivity index (χ0) is 11.7. The molecular weight excluding hydrogens is 272 g/mol. The second kappa shape index (κ2) is 4.47. The molecule has 1 aromatic heterocycles. The van der Waals surface area contributed by atoms with E-state index < -0.39 is 0 Å². The Kier molecular flexibility index (Phi) is 3.21. The lowest BCUT2D eigenvalue weighted by Gasteiger charge is -2.14. The van der Waals surface area contributed by atoms with E-state index in [1.54, 1.807) is 6.26 Å². The Labute approximate surface area is 102 Å². The van der Waals surface area contributed by atoms with E-state index in [0.717, 1.165) is 21.0 Å². The van der Waals surface area contributed by atoms with Gasteiger partial charge in [0, 0.05) is 5.56 Å². The molecule has 1 aromatic carbocycles. The number of furan rings is 1. The van der Waals surface area contributed by atoms with Crippen molar-refractivity contribution in [2.24, 2.45) is 0 Å². The maximum Gasteiger partial charge on any atom is 0.151 e. The highest BCUT2D eigenvalue weighted by molar-refractivity contribution is 9.10. The van der Waals surface area contributed by atoms with Crippen LogP contribution in [0.4, 0.5) is 0 Å². The molecule has 0 aliphatic heterocycles. The van der Waals surface area contributed by atoms with Crippen molar-refractivity contribution in [1.29, 1.82) is 0 Å². The van der Waals surface area contributed by atoms with Crippen molar-refractivity contribution < 1.29 is 14.3 Å². The normalized spacial score (nSPS) is 11.3. The van der Waals surface area contributed by atoms with Crippen molar-refractivity contribution in [1.82, 2.24) is 0 Å². The zero-order valence-corrected chi connectivity index (χ0v) is 10.7. The predicted molar refractivity (Wildman–Crippen MR) is 65.6 cm³/mol. The topological polar surface area (TPSA) is 42.6 Å². The lowest BCUT2D eigenvalue weighted by Crippen LogP contribution is -2.08. The molecular formula is C12H13BrO3. The van der Waals surface area contributed by atoms with Crippen LogP contribution in [0.15, 0.2) is 27.3 Å². The number of hydrogen-bond acceptors (Lipinski definition) is 3. The van der Waals surface area contributed by atoms with Gasteiger partial charge in [0.1, 0.15) is 5.75 Å². The second-order valence-electron chi connectivity index (χ2n) is 3.83. The Morgan fingerprint density at radius 1 is 1.50 bits per heavy atom. The summed E-state index contributed by atoms with van der Waals surface area (Å²) in [6, 6.07) is 3.67. The summed E-state index contributed by atoms with van der Waals surface area (Å²) in [5.74, 6) is 0.699. The minimum atomic E-state index is -0.0538. The SMILES string of the molecule is CC(C)Oc1c(CO)cc(Br)c2occc12. The number of benzene rings is 1. The highest BCUT2D eigenvalue weighted by atomic mass is 79.9. The minimum absolute atomic E-state index is 0.0538. The second-order valence-corrected chi connectivity index (χ2v) is 4.69. The van der Waals surface area contributed by atoms with E-state index in [9.17, 15) is 5.11 Å². The van der Waals surface area contributed by atoms with Crippen LogP contribution in [-0.2, 0) is 6.61 Å². The van der Waals surface area contributed by atoms with Gasteiger partial charge in [-0.25, -0.2) is 0 Å². The number of aliphatic hydroxyl groups excluding tert-OH is 1. The first-order chi connectivity index (χ1) is 7.63. The molecule has 2 aromatic rings. The van der Waals surface area contributed by atoms with Crippen molar-refractivity contribution in [3.8, 4) is 5.75 Å². The molecule has 3 nitrogen and oxygen atoms in total. The number of fused-ring (bicyclic) bond motifs is 1. The summed E-state index contributed by atoms with van der Waals surface area (Å²) in [7, 11) is 0. The summed E-state index contributed by atoms with van der Waals surface area (Å²) in [5.41, 5.74) is 1.50. The number of rotatable bonds is 3. The molecule has 0 saturated heterocycles. The standard InChI is InChI=1S/C12H13BrO3/c1-7(2)16-11-8(6-14)5-10(13)12-9(11)3-4-15-12/h3-5,7,14H,6H2,1-2H3. The third-order valence-corrected chi connectivity index (χ3v) is 2.83. The highest BCUT2D eigenvalue weighted by Crippen LogP contribution is 2.36. The van der Waals surface area contributed by atoms with Gasteiger partial charge < -0.3 is 14.3 Å². The fraction of sp³-hybridized carbons (Fsp3) is 0.333. The van der Waals surface area contributed by atoms with E-state index in [4.69, 9.17) is 9.15 Å². The van der Waals surface area contributed by atoms with Gasteiger partial charge in [0.25, 0.3) is 0 Å². The number of ether oxygens (including phenoxy) is 1. The molecule has 0 unspecified atom stereocenters. The Morgan fingerprint density at radius 3 is 2.88 bits per heavy atom. The first kappa shape index (κ1) is 11.5. The van der Waals surface area contributed by atoms with Gasteiger partial charge in [-0.15, -0.1) is 0 Å². The molecule has 16 heavy (non-hydrogen) atoms. The molecule has 0 aliphatic carbocycles.